The van der Waals surface area contributed by atoms with Crippen molar-refractivity contribution in [1.29, 1.82) is 0 Å². The van der Waals surface area contributed by atoms with Crippen LogP contribution in [0.2, 0.25) is 0 Å². The van der Waals surface area contributed by atoms with Crippen molar-refractivity contribution in [2.45, 2.75) is 57.3 Å². The number of likely N-dealkylation sites (tertiary alicyclic amines) is 1. The summed E-state index contributed by atoms with van der Waals surface area (Å²) in [6.45, 7) is 6.19. The molecule has 1 amide bonds. The molecular formula is C25H29N3O3S. The molecule has 32 heavy (non-hydrogen) atoms. The number of carbonyl (C=O) groups is 1. The third-order valence-corrected chi connectivity index (χ3v) is 7.05. The lowest BCUT2D eigenvalue weighted by molar-refractivity contribution is -0.134. The lowest BCUT2D eigenvalue weighted by atomic mass is 9.98. The van der Waals surface area contributed by atoms with Crippen LogP contribution >= 0.6 is 11.8 Å². The Bertz CT molecular complexity index is 1200. The second-order valence-electron chi connectivity index (χ2n) is 8.45. The summed E-state index contributed by atoms with van der Waals surface area (Å²) in [5.74, 6) is 0.897. The van der Waals surface area contributed by atoms with E-state index in [0.29, 0.717) is 27.5 Å². The molecule has 168 valence electrons. The molecule has 1 saturated heterocycles. The van der Waals surface area contributed by atoms with Gasteiger partial charge in [-0.05, 0) is 69.9 Å². The van der Waals surface area contributed by atoms with Gasteiger partial charge in [0.05, 0.1) is 29.5 Å². The molecule has 2 heterocycles. The van der Waals surface area contributed by atoms with Crippen molar-refractivity contribution >= 4 is 28.6 Å². The van der Waals surface area contributed by atoms with E-state index in [-0.39, 0.29) is 29.3 Å². The second-order valence-corrected chi connectivity index (χ2v) is 9.39. The molecule has 2 aromatic carbocycles. The Morgan fingerprint density at radius 3 is 2.59 bits per heavy atom. The van der Waals surface area contributed by atoms with Crippen LogP contribution in [-0.4, -0.2) is 45.3 Å². The van der Waals surface area contributed by atoms with Crippen LogP contribution in [0.5, 0.6) is 5.75 Å². The molecular weight excluding hydrogens is 422 g/mol. The number of methoxy groups -OCH3 is 1. The van der Waals surface area contributed by atoms with Gasteiger partial charge in [-0.25, -0.2) is 4.98 Å². The van der Waals surface area contributed by atoms with Crippen LogP contribution in [0.4, 0.5) is 0 Å². The first-order valence-electron chi connectivity index (χ1n) is 11.0. The summed E-state index contributed by atoms with van der Waals surface area (Å²) >= 11 is 1.31. The van der Waals surface area contributed by atoms with Crippen LogP contribution in [0.3, 0.4) is 0 Å². The molecule has 2 atom stereocenters. The summed E-state index contributed by atoms with van der Waals surface area (Å²) in [5, 5.41) is 1.02. The maximum absolute atomic E-state index is 13.5. The van der Waals surface area contributed by atoms with Crippen molar-refractivity contribution in [2.75, 3.05) is 12.9 Å². The molecule has 3 aromatic rings. The highest BCUT2D eigenvalue weighted by molar-refractivity contribution is 7.99. The van der Waals surface area contributed by atoms with Crippen molar-refractivity contribution in [3.63, 3.8) is 0 Å². The highest BCUT2D eigenvalue weighted by atomic mass is 32.2. The van der Waals surface area contributed by atoms with Crippen LogP contribution in [-0.2, 0) is 4.79 Å². The van der Waals surface area contributed by atoms with Crippen molar-refractivity contribution < 1.29 is 9.53 Å². The quantitative estimate of drug-likeness (QED) is 0.420. The van der Waals surface area contributed by atoms with E-state index >= 15 is 0 Å². The van der Waals surface area contributed by atoms with Crippen LogP contribution in [0.1, 0.15) is 38.7 Å². The number of rotatable bonds is 5. The van der Waals surface area contributed by atoms with Gasteiger partial charge in [0.15, 0.2) is 5.16 Å². The number of carbonyl (C=O) groups excluding carboxylic acids is 1. The highest BCUT2D eigenvalue weighted by Gasteiger charge is 2.29. The Morgan fingerprint density at radius 1 is 1.16 bits per heavy atom. The van der Waals surface area contributed by atoms with Gasteiger partial charge in [-0.1, -0.05) is 30.0 Å². The molecule has 0 radical (unpaired) electrons. The first-order valence-corrected chi connectivity index (χ1v) is 12.0. The summed E-state index contributed by atoms with van der Waals surface area (Å²) in [6.07, 6.45) is 3.21. The number of amides is 1. The summed E-state index contributed by atoms with van der Waals surface area (Å²) in [4.78, 5) is 33.4. The van der Waals surface area contributed by atoms with Gasteiger partial charge in [-0.2, -0.15) is 0 Å². The molecule has 0 saturated carbocycles. The van der Waals surface area contributed by atoms with Gasteiger partial charge >= 0.3 is 0 Å². The van der Waals surface area contributed by atoms with E-state index < -0.39 is 0 Å². The van der Waals surface area contributed by atoms with Gasteiger partial charge in [0, 0.05) is 12.1 Å². The summed E-state index contributed by atoms with van der Waals surface area (Å²) in [5.41, 5.74) is 2.08. The average molecular weight is 452 g/mol. The Labute approximate surface area is 192 Å². The van der Waals surface area contributed by atoms with Crippen molar-refractivity contribution in [3.8, 4) is 11.4 Å². The molecule has 7 heteroatoms. The van der Waals surface area contributed by atoms with Gasteiger partial charge in [-0.3, -0.25) is 14.2 Å². The van der Waals surface area contributed by atoms with Crippen molar-refractivity contribution in [2.24, 2.45) is 0 Å². The number of ether oxygens (including phenoxy) is 1. The first-order chi connectivity index (χ1) is 15.4. The predicted octanol–water partition coefficient (Wildman–Crippen LogP) is 4.58. The zero-order chi connectivity index (χ0) is 22.8. The number of thioether (sulfide) groups is 1. The molecule has 1 aliphatic rings. The Balaban J connectivity index is 1.77. The number of piperidine rings is 1. The topological polar surface area (TPSA) is 64.4 Å². The molecule has 0 spiro atoms. The summed E-state index contributed by atoms with van der Waals surface area (Å²) < 4.78 is 7.13. The smallest absolute Gasteiger partial charge is 0.266 e. The molecule has 1 aromatic heterocycles. The van der Waals surface area contributed by atoms with E-state index in [1.165, 1.54) is 11.8 Å². The molecule has 0 aliphatic carbocycles. The second kappa shape index (κ2) is 9.36. The molecule has 1 fully saturated rings. The summed E-state index contributed by atoms with van der Waals surface area (Å²) in [7, 11) is 1.59. The molecule has 0 N–H and O–H groups in total. The van der Waals surface area contributed by atoms with Gasteiger partial charge in [0.25, 0.3) is 5.56 Å². The summed E-state index contributed by atoms with van der Waals surface area (Å²) in [6, 6.07) is 13.5. The standard InChI is InChI=1S/C25H29N3O3S/c1-16-12-13-22(31-4)21(14-16)28-24(30)19-10-5-6-11-20(19)26-25(28)32-15-23(29)27-17(2)8-7-9-18(27)3/h5-6,10-14,17-18H,7-9,15H2,1-4H3. The maximum atomic E-state index is 13.5. The normalized spacial score (nSPS) is 18.7. The van der Waals surface area contributed by atoms with E-state index in [0.717, 1.165) is 24.8 Å². The maximum Gasteiger partial charge on any atom is 0.266 e. The molecule has 2 unspecified atom stereocenters. The van der Waals surface area contributed by atoms with Gasteiger partial charge in [0.1, 0.15) is 5.75 Å². The van der Waals surface area contributed by atoms with Crippen molar-refractivity contribution in [3.05, 3.63) is 58.4 Å². The minimum Gasteiger partial charge on any atom is -0.495 e. The first kappa shape index (κ1) is 22.4. The monoisotopic (exact) mass is 451 g/mol. The molecule has 0 bridgehead atoms. The number of benzene rings is 2. The number of para-hydroxylation sites is 1. The fourth-order valence-corrected chi connectivity index (χ4v) is 5.38. The third kappa shape index (κ3) is 4.26. The van der Waals surface area contributed by atoms with Crippen molar-refractivity contribution in [1.82, 2.24) is 14.5 Å². The van der Waals surface area contributed by atoms with E-state index in [1.54, 1.807) is 17.7 Å². The Morgan fingerprint density at radius 2 is 1.88 bits per heavy atom. The fourth-order valence-electron chi connectivity index (χ4n) is 4.51. The minimum atomic E-state index is -0.172. The van der Waals surface area contributed by atoms with Crippen LogP contribution in [0.15, 0.2) is 52.4 Å². The number of aromatic nitrogens is 2. The number of aryl methyl sites for hydroxylation is 1. The number of hydrogen-bond acceptors (Lipinski definition) is 5. The SMILES string of the molecule is COc1ccc(C)cc1-n1c(SCC(=O)N2C(C)CCCC2C)nc2ccccc2c1=O. The largest absolute Gasteiger partial charge is 0.495 e. The van der Waals surface area contributed by atoms with E-state index in [4.69, 9.17) is 9.72 Å². The number of nitrogens with zero attached hydrogens (tertiary/aromatic N) is 3. The molecule has 4 rings (SSSR count). The highest BCUT2D eigenvalue weighted by Crippen LogP contribution is 2.29. The van der Waals surface area contributed by atoms with Crippen LogP contribution in [0, 0.1) is 6.92 Å². The van der Waals surface area contributed by atoms with Gasteiger partial charge in [-0.15, -0.1) is 0 Å². The average Bonchev–Trinajstić information content (AvgIpc) is 2.77. The van der Waals surface area contributed by atoms with E-state index in [1.807, 2.05) is 48.2 Å². The van der Waals surface area contributed by atoms with E-state index in [9.17, 15) is 9.59 Å². The lowest BCUT2D eigenvalue weighted by Crippen LogP contribution is -2.48. The third-order valence-electron chi connectivity index (χ3n) is 6.13. The number of fused-ring (bicyclic) bond motifs is 1. The van der Waals surface area contributed by atoms with Crippen LogP contribution in [0.25, 0.3) is 16.6 Å². The van der Waals surface area contributed by atoms with Crippen LogP contribution < -0.4 is 10.3 Å². The Hall–Kier alpha value is -2.80. The lowest BCUT2D eigenvalue weighted by Gasteiger charge is -2.39. The Kier molecular flexibility index (Phi) is 6.55. The molecule has 6 nitrogen and oxygen atoms in total. The number of hydrogen-bond donors (Lipinski definition) is 0. The predicted molar refractivity (Wildman–Crippen MR) is 129 cm³/mol. The minimum absolute atomic E-state index is 0.0832. The van der Waals surface area contributed by atoms with E-state index in [2.05, 4.69) is 13.8 Å². The molecule has 1 aliphatic heterocycles. The zero-order valence-corrected chi connectivity index (χ0v) is 19.8. The van der Waals surface area contributed by atoms with Gasteiger partial charge in [0.2, 0.25) is 5.91 Å². The van der Waals surface area contributed by atoms with Gasteiger partial charge < -0.3 is 9.64 Å². The fraction of sp³-hybridized carbons (Fsp3) is 0.400. The zero-order valence-electron chi connectivity index (χ0n) is 19.0.